The largest absolute Gasteiger partial charge is 0.455 e. The van der Waals surface area contributed by atoms with E-state index in [4.69, 9.17) is 4.74 Å². The summed E-state index contributed by atoms with van der Waals surface area (Å²) in [6, 6.07) is 17.1. The van der Waals surface area contributed by atoms with Gasteiger partial charge >= 0.3 is 0 Å². The molecular formula is C20H25N3O2. The van der Waals surface area contributed by atoms with Crippen LogP contribution in [-0.2, 0) is 4.79 Å². The highest BCUT2D eigenvalue weighted by atomic mass is 16.5. The van der Waals surface area contributed by atoms with Gasteiger partial charge in [-0.15, -0.1) is 0 Å². The van der Waals surface area contributed by atoms with Crippen molar-refractivity contribution in [3.8, 4) is 11.5 Å². The van der Waals surface area contributed by atoms with Crippen LogP contribution in [0.1, 0.15) is 6.42 Å². The molecule has 1 fully saturated rings. The van der Waals surface area contributed by atoms with Gasteiger partial charge in [0.15, 0.2) is 5.75 Å². The first-order chi connectivity index (χ1) is 12.2. The number of anilines is 1. The third kappa shape index (κ3) is 5.31. The van der Waals surface area contributed by atoms with Gasteiger partial charge in [-0.05, 0) is 31.3 Å². The molecule has 0 aromatic heterocycles. The summed E-state index contributed by atoms with van der Waals surface area (Å²) in [5, 5.41) is 2.98. The predicted molar refractivity (Wildman–Crippen MR) is 100 cm³/mol. The number of nitrogens with zero attached hydrogens (tertiary/aromatic N) is 2. The van der Waals surface area contributed by atoms with E-state index in [9.17, 15) is 4.79 Å². The Hall–Kier alpha value is -2.37. The zero-order valence-corrected chi connectivity index (χ0v) is 14.6. The lowest BCUT2D eigenvalue weighted by molar-refractivity contribution is -0.116. The second-order valence-electron chi connectivity index (χ2n) is 6.35. The minimum Gasteiger partial charge on any atom is -0.455 e. The third-order valence-corrected chi connectivity index (χ3v) is 4.38. The van der Waals surface area contributed by atoms with E-state index in [1.54, 1.807) is 0 Å². The maximum absolute atomic E-state index is 12.3. The molecule has 1 saturated heterocycles. The molecule has 3 rings (SSSR count). The van der Waals surface area contributed by atoms with E-state index in [1.807, 2.05) is 54.6 Å². The molecule has 5 heteroatoms. The molecule has 0 saturated carbocycles. The van der Waals surface area contributed by atoms with Crippen LogP contribution >= 0.6 is 0 Å². The van der Waals surface area contributed by atoms with Gasteiger partial charge in [0.05, 0.1) is 5.69 Å². The normalized spacial score (nSPS) is 15.7. The van der Waals surface area contributed by atoms with E-state index in [0.29, 0.717) is 17.9 Å². The Morgan fingerprint density at radius 2 is 1.68 bits per heavy atom. The number of piperazine rings is 1. The van der Waals surface area contributed by atoms with Crippen molar-refractivity contribution in [2.45, 2.75) is 6.42 Å². The Kier molecular flexibility index (Phi) is 6.04. The standard InChI is InChI=1S/C20H25N3O2/c1-22-13-15-23(16-14-22)12-11-20(24)21-18-9-5-6-10-19(18)25-17-7-3-2-4-8-17/h2-10H,11-16H2,1H3,(H,21,24). The number of carbonyl (C=O) groups excluding carboxylic acids is 1. The van der Waals surface area contributed by atoms with E-state index in [2.05, 4.69) is 22.2 Å². The number of hydrogen-bond acceptors (Lipinski definition) is 4. The molecule has 1 N–H and O–H groups in total. The molecule has 0 spiro atoms. The maximum Gasteiger partial charge on any atom is 0.225 e. The Balaban J connectivity index is 1.54. The molecule has 2 aromatic rings. The number of ether oxygens (including phenoxy) is 1. The van der Waals surface area contributed by atoms with Crippen LogP contribution in [-0.4, -0.2) is 55.5 Å². The van der Waals surface area contributed by atoms with Gasteiger partial charge in [-0.1, -0.05) is 30.3 Å². The van der Waals surface area contributed by atoms with Crippen molar-refractivity contribution in [3.63, 3.8) is 0 Å². The minimum absolute atomic E-state index is 0.0167. The lowest BCUT2D eigenvalue weighted by Crippen LogP contribution is -2.45. The molecule has 1 aliphatic rings. The van der Waals surface area contributed by atoms with Gasteiger partial charge in [-0.25, -0.2) is 0 Å². The minimum atomic E-state index is 0.0167. The first-order valence-electron chi connectivity index (χ1n) is 8.73. The molecule has 0 bridgehead atoms. The fraction of sp³-hybridized carbons (Fsp3) is 0.350. The van der Waals surface area contributed by atoms with Crippen molar-refractivity contribution in [3.05, 3.63) is 54.6 Å². The highest BCUT2D eigenvalue weighted by molar-refractivity contribution is 5.92. The molecule has 2 aromatic carbocycles. The topological polar surface area (TPSA) is 44.8 Å². The second kappa shape index (κ2) is 8.65. The summed E-state index contributed by atoms with van der Waals surface area (Å²) in [4.78, 5) is 17.0. The number of hydrogen-bond donors (Lipinski definition) is 1. The number of benzene rings is 2. The molecule has 25 heavy (non-hydrogen) atoms. The molecule has 132 valence electrons. The third-order valence-electron chi connectivity index (χ3n) is 4.38. The van der Waals surface area contributed by atoms with Crippen molar-refractivity contribution in [2.24, 2.45) is 0 Å². The summed E-state index contributed by atoms with van der Waals surface area (Å²) in [5.41, 5.74) is 0.703. The van der Waals surface area contributed by atoms with Crippen LogP contribution in [0.4, 0.5) is 5.69 Å². The van der Waals surface area contributed by atoms with Crippen molar-refractivity contribution in [1.82, 2.24) is 9.80 Å². The van der Waals surface area contributed by atoms with E-state index in [0.717, 1.165) is 38.5 Å². The van der Waals surface area contributed by atoms with Crippen molar-refractivity contribution in [2.75, 3.05) is 45.1 Å². The van der Waals surface area contributed by atoms with E-state index in [1.165, 1.54) is 0 Å². The van der Waals surface area contributed by atoms with Gasteiger partial charge in [0.1, 0.15) is 5.75 Å². The first kappa shape index (κ1) is 17.5. The summed E-state index contributed by atoms with van der Waals surface area (Å²) >= 11 is 0. The fourth-order valence-corrected chi connectivity index (χ4v) is 2.82. The summed E-state index contributed by atoms with van der Waals surface area (Å²) in [7, 11) is 2.13. The number of amides is 1. The van der Waals surface area contributed by atoms with Crippen molar-refractivity contribution >= 4 is 11.6 Å². The maximum atomic E-state index is 12.3. The zero-order chi connectivity index (χ0) is 17.5. The molecule has 1 heterocycles. The summed E-state index contributed by atoms with van der Waals surface area (Å²) in [5.74, 6) is 1.42. The Labute approximate surface area is 149 Å². The lowest BCUT2D eigenvalue weighted by atomic mass is 10.2. The van der Waals surface area contributed by atoms with Crippen molar-refractivity contribution < 1.29 is 9.53 Å². The summed E-state index contributed by atoms with van der Waals surface area (Å²) < 4.78 is 5.89. The number of carbonyl (C=O) groups is 1. The predicted octanol–water partition coefficient (Wildman–Crippen LogP) is 3.05. The van der Waals surface area contributed by atoms with E-state index >= 15 is 0 Å². The fourth-order valence-electron chi connectivity index (χ4n) is 2.82. The van der Waals surface area contributed by atoms with Crippen LogP contribution in [0, 0.1) is 0 Å². The molecule has 0 radical (unpaired) electrons. The van der Waals surface area contributed by atoms with Crippen molar-refractivity contribution in [1.29, 1.82) is 0 Å². The number of likely N-dealkylation sites (N-methyl/N-ethyl adjacent to an activating group) is 1. The Morgan fingerprint density at radius 1 is 1.00 bits per heavy atom. The average molecular weight is 339 g/mol. The number of nitrogens with one attached hydrogen (secondary N) is 1. The molecule has 1 amide bonds. The average Bonchev–Trinajstić information content (AvgIpc) is 2.64. The van der Waals surface area contributed by atoms with Crippen LogP contribution in [0.25, 0.3) is 0 Å². The van der Waals surface area contributed by atoms with Gasteiger partial charge < -0.3 is 19.9 Å². The molecule has 0 aliphatic carbocycles. The molecule has 5 nitrogen and oxygen atoms in total. The SMILES string of the molecule is CN1CCN(CCC(=O)Nc2ccccc2Oc2ccccc2)CC1. The van der Waals surface area contributed by atoms with E-state index < -0.39 is 0 Å². The van der Waals surface area contributed by atoms with Crippen LogP contribution in [0.5, 0.6) is 11.5 Å². The van der Waals surface area contributed by atoms with Gasteiger partial charge in [0.25, 0.3) is 0 Å². The van der Waals surface area contributed by atoms with Crippen LogP contribution in [0.3, 0.4) is 0 Å². The van der Waals surface area contributed by atoms with Gasteiger partial charge in [-0.2, -0.15) is 0 Å². The molecule has 0 unspecified atom stereocenters. The first-order valence-corrected chi connectivity index (χ1v) is 8.73. The lowest BCUT2D eigenvalue weighted by Gasteiger charge is -2.32. The van der Waals surface area contributed by atoms with Gasteiger partial charge in [0, 0.05) is 39.1 Å². The highest BCUT2D eigenvalue weighted by Gasteiger charge is 2.15. The quantitative estimate of drug-likeness (QED) is 0.878. The van der Waals surface area contributed by atoms with Crippen LogP contribution in [0.2, 0.25) is 0 Å². The van der Waals surface area contributed by atoms with Crippen LogP contribution in [0.15, 0.2) is 54.6 Å². The van der Waals surface area contributed by atoms with Crippen LogP contribution < -0.4 is 10.1 Å². The molecule has 1 aliphatic heterocycles. The van der Waals surface area contributed by atoms with Gasteiger partial charge in [-0.3, -0.25) is 4.79 Å². The number of para-hydroxylation sites is 3. The zero-order valence-electron chi connectivity index (χ0n) is 14.6. The van der Waals surface area contributed by atoms with Gasteiger partial charge in [0.2, 0.25) is 5.91 Å². The number of rotatable bonds is 6. The second-order valence-corrected chi connectivity index (χ2v) is 6.35. The Bertz CT molecular complexity index is 682. The summed E-state index contributed by atoms with van der Waals surface area (Å²) in [6.45, 7) is 4.97. The summed E-state index contributed by atoms with van der Waals surface area (Å²) in [6.07, 6.45) is 0.489. The monoisotopic (exact) mass is 339 g/mol. The Morgan fingerprint density at radius 3 is 2.44 bits per heavy atom. The van der Waals surface area contributed by atoms with E-state index in [-0.39, 0.29) is 5.91 Å². The molecule has 0 atom stereocenters. The smallest absolute Gasteiger partial charge is 0.225 e. The highest BCUT2D eigenvalue weighted by Crippen LogP contribution is 2.29. The molecular weight excluding hydrogens is 314 g/mol.